The molecule has 0 saturated carbocycles. The summed E-state index contributed by atoms with van der Waals surface area (Å²) in [5.74, 6) is 0.680. The van der Waals surface area contributed by atoms with Gasteiger partial charge in [0.1, 0.15) is 4.88 Å². The van der Waals surface area contributed by atoms with Gasteiger partial charge in [0.25, 0.3) is 5.91 Å². The second-order valence-corrected chi connectivity index (χ2v) is 7.42. The van der Waals surface area contributed by atoms with Crippen molar-refractivity contribution in [3.63, 3.8) is 0 Å². The van der Waals surface area contributed by atoms with E-state index in [1.807, 2.05) is 0 Å². The van der Waals surface area contributed by atoms with Crippen LogP contribution < -0.4 is 10.6 Å². The van der Waals surface area contributed by atoms with E-state index >= 15 is 0 Å². The first kappa shape index (κ1) is 16.2. The Morgan fingerprint density at radius 1 is 1.48 bits per heavy atom. The molecule has 0 aromatic carbocycles. The number of nitrogens with one attached hydrogen (secondary N) is 2. The van der Waals surface area contributed by atoms with E-state index in [9.17, 15) is 4.79 Å². The summed E-state index contributed by atoms with van der Waals surface area (Å²) in [6.45, 7) is 6.88. The second-order valence-electron chi connectivity index (χ2n) is 6.39. The highest BCUT2D eigenvalue weighted by molar-refractivity contribution is 7.17. The predicted octanol–water partition coefficient (Wildman–Crippen LogP) is 2.76. The summed E-state index contributed by atoms with van der Waals surface area (Å²) in [4.78, 5) is 16.9. The first-order chi connectivity index (χ1) is 10.00. The van der Waals surface area contributed by atoms with Gasteiger partial charge < -0.3 is 15.4 Å². The van der Waals surface area contributed by atoms with Crippen LogP contribution >= 0.6 is 11.3 Å². The molecular weight excluding hydrogens is 286 g/mol. The molecule has 1 aliphatic heterocycles. The number of carbonyl (C=O) groups is 1. The lowest BCUT2D eigenvalue weighted by Gasteiger charge is -2.32. The van der Waals surface area contributed by atoms with E-state index < -0.39 is 0 Å². The standard InChI is InChI=1S/C15H25N3O2S/c1-15(2,8-11-4-6-20-7-5-11)10-18-13(19)12-9-17-14(16-3)21-12/h9,11H,4-8,10H2,1-3H3,(H,16,17)(H,18,19). The van der Waals surface area contributed by atoms with Crippen LogP contribution in [0.5, 0.6) is 0 Å². The second kappa shape index (κ2) is 7.22. The number of ether oxygens (including phenoxy) is 1. The summed E-state index contributed by atoms with van der Waals surface area (Å²) in [6.07, 6.45) is 5.02. The molecule has 0 spiro atoms. The Morgan fingerprint density at radius 2 is 2.19 bits per heavy atom. The van der Waals surface area contributed by atoms with E-state index in [0.717, 1.165) is 37.6 Å². The maximum atomic E-state index is 12.1. The van der Waals surface area contributed by atoms with Gasteiger partial charge in [0.05, 0.1) is 6.20 Å². The molecule has 118 valence electrons. The first-order valence-electron chi connectivity index (χ1n) is 7.50. The molecular formula is C15H25N3O2S. The van der Waals surface area contributed by atoms with Gasteiger partial charge in [-0.15, -0.1) is 0 Å². The van der Waals surface area contributed by atoms with Crippen molar-refractivity contribution in [1.82, 2.24) is 10.3 Å². The fraction of sp³-hybridized carbons (Fsp3) is 0.733. The fourth-order valence-electron chi connectivity index (χ4n) is 2.71. The molecule has 0 radical (unpaired) electrons. The van der Waals surface area contributed by atoms with Gasteiger partial charge in [0.2, 0.25) is 0 Å². The SMILES string of the molecule is CNc1ncc(C(=O)NCC(C)(C)CC2CCOCC2)s1. The summed E-state index contributed by atoms with van der Waals surface area (Å²) < 4.78 is 5.40. The van der Waals surface area contributed by atoms with Crippen molar-refractivity contribution in [3.05, 3.63) is 11.1 Å². The third-order valence-electron chi connectivity index (χ3n) is 3.85. The molecule has 2 N–H and O–H groups in total. The van der Waals surface area contributed by atoms with E-state index in [1.54, 1.807) is 13.2 Å². The third-order valence-corrected chi connectivity index (χ3v) is 4.87. The molecule has 1 amide bonds. The summed E-state index contributed by atoms with van der Waals surface area (Å²) in [7, 11) is 1.80. The molecule has 1 aliphatic rings. The van der Waals surface area contributed by atoms with Crippen LogP contribution in [0.2, 0.25) is 0 Å². The van der Waals surface area contributed by atoms with E-state index in [0.29, 0.717) is 17.3 Å². The van der Waals surface area contributed by atoms with Crippen molar-refractivity contribution >= 4 is 22.4 Å². The molecule has 1 aromatic rings. The van der Waals surface area contributed by atoms with Gasteiger partial charge >= 0.3 is 0 Å². The number of aromatic nitrogens is 1. The Bertz CT molecular complexity index is 467. The van der Waals surface area contributed by atoms with E-state index in [-0.39, 0.29) is 11.3 Å². The summed E-state index contributed by atoms with van der Waals surface area (Å²) in [5, 5.41) is 6.75. The molecule has 6 heteroatoms. The minimum Gasteiger partial charge on any atom is -0.381 e. The maximum Gasteiger partial charge on any atom is 0.263 e. The minimum atomic E-state index is -0.0333. The smallest absolute Gasteiger partial charge is 0.263 e. The van der Waals surface area contributed by atoms with Crippen molar-refractivity contribution in [2.45, 2.75) is 33.1 Å². The lowest BCUT2D eigenvalue weighted by Crippen LogP contribution is -2.35. The zero-order valence-electron chi connectivity index (χ0n) is 13.1. The Balaban J connectivity index is 1.81. The van der Waals surface area contributed by atoms with Gasteiger partial charge in [-0.2, -0.15) is 0 Å². The van der Waals surface area contributed by atoms with Crippen molar-refractivity contribution in [3.8, 4) is 0 Å². The molecule has 0 bridgehead atoms. The Labute approximate surface area is 130 Å². The zero-order chi connectivity index (χ0) is 15.3. The normalized spacial score (nSPS) is 16.7. The highest BCUT2D eigenvalue weighted by Crippen LogP contribution is 2.30. The highest BCUT2D eigenvalue weighted by Gasteiger charge is 2.25. The molecule has 0 atom stereocenters. The first-order valence-corrected chi connectivity index (χ1v) is 8.31. The van der Waals surface area contributed by atoms with Crippen LogP contribution in [0.25, 0.3) is 0 Å². The summed E-state index contributed by atoms with van der Waals surface area (Å²) in [6, 6.07) is 0. The Morgan fingerprint density at radius 3 is 2.81 bits per heavy atom. The molecule has 5 nitrogen and oxygen atoms in total. The Kier molecular flexibility index (Phi) is 5.58. The number of hydrogen-bond donors (Lipinski definition) is 2. The summed E-state index contributed by atoms with van der Waals surface area (Å²) >= 11 is 1.38. The number of nitrogens with zero attached hydrogens (tertiary/aromatic N) is 1. The average molecular weight is 311 g/mol. The van der Waals surface area contributed by atoms with Crippen LogP contribution in [0.1, 0.15) is 42.8 Å². The lowest BCUT2D eigenvalue weighted by atomic mass is 9.79. The van der Waals surface area contributed by atoms with Gasteiger partial charge in [-0.1, -0.05) is 25.2 Å². The number of thiazole rings is 1. The van der Waals surface area contributed by atoms with E-state index in [1.165, 1.54) is 11.3 Å². The zero-order valence-corrected chi connectivity index (χ0v) is 13.9. The minimum absolute atomic E-state index is 0.0333. The van der Waals surface area contributed by atoms with Crippen molar-refractivity contribution in [1.29, 1.82) is 0 Å². The molecule has 0 unspecified atom stereocenters. The molecule has 0 aliphatic carbocycles. The Hall–Kier alpha value is -1.14. The van der Waals surface area contributed by atoms with Gasteiger partial charge in [0, 0.05) is 26.8 Å². The average Bonchev–Trinajstić information content (AvgIpc) is 2.94. The van der Waals surface area contributed by atoms with Crippen molar-refractivity contribution in [2.75, 3.05) is 32.1 Å². The van der Waals surface area contributed by atoms with E-state index in [2.05, 4.69) is 29.5 Å². The van der Waals surface area contributed by atoms with Crippen LogP contribution in [-0.4, -0.2) is 37.7 Å². The largest absolute Gasteiger partial charge is 0.381 e. The third kappa shape index (κ3) is 4.97. The monoisotopic (exact) mass is 311 g/mol. The number of anilines is 1. The van der Waals surface area contributed by atoms with Gasteiger partial charge in [-0.3, -0.25) is 4.79 Å². The molecule has 1 fully saturated rings. The molecule has 2 rings (SSSR count). The number of rotatable bonds is 6. The molecule has 1 saturated heterocycles. The number of hydrogen-bond acceptors (Lipinski definition) is 5. The summed E-state index contributed by atoms with van der Waals surface area (Å²) in [5.41, 5.74) is 0.105. The maximum absolute atomic E-state index is 12.1. The van der Waals surface area contributed by atoms with Crippen molar-refractivity contribution in [2.24, 2.45) is 11.3 Å². The fourth-order valence-corrected chi connectivity index (χ4v) is 3.39. The molecule has 2 heterocycles. The van der Waals surface area contributed by atoms with E-state index in [4.69, 9.17) is 4.74 Å². The predicted molar refractivity (Wildman–Crippen MR) is 85.9 cm³/mol. The number of amides is 1. The van der Waals surface area contributed by atoms with Crippen LogP contribution in [0.15, 0.2) is 6.20 Å². The topological polar surface area (TPSA) is 63.2 Å². The molecule has 21 heavy (non-hydrogen) atoms. The molecule has 1 aromatic heterocycles. The van der Waals surface area contributed by atoms with Gasteiger partial charge in [-0.25, -0.2) is 4.98 Å². The van der Waals surface area contributed by atoms with Gasteiger partial charge in [0.15, 0.2) is 5.13 Å². The van der Waals surface area contributed by atoms with Crippen LogP contribution in [0.3, 0.4) is 0 Å². The van der Waals surface area contributed by atoms with Crippen LogP contribution in [0, 0.1) is 11.3 Å². The number of carbonyl (C=O) groups excluding carboxylic acids is 1. The lowest BCUT2D eigenvalue weighted by molar-refractivity contribution is 0.0507. The van der Waals surface area contributed by atoms with Crippen LogP contribution in [0.4, 0.5) is 5.13 Å². The van der Waals surface area contributed by atoms with Crippen LogP contribution in [-0.2, 0) is 4.74 Å². The highest BCUT2D eigenvalue weighted by atomic mass is 32.1. The van der Waals surface area contributed by atoms with Gasteiger partial charge in [-0.05, 0) is 30.6 Å². The van der Waals surface area contributed by atoms with Crippen molar-refractivity contribution < 1.29 is 9.53 Å². The quantitative estimate of drug-likeness (QED) is 0.848.